The molecule has 2 N–H and O–H groups in total. The van der Waals surface area contributed by atoms with Gasteiger partial charge in [0.25, 0.3) is 0 Å². The average molecular weight is 430 g/mol. The molecule has 0 unspecified atom stereocenters. The van der Waals surface area contributed by atoms with Crippen LogP contribution in [0.1, 0.15) is 25.0 Å². The molecule has 3 atom stereocenters. The first kappa shape index (κ1) is 22.2. The number of likely N-dealkylation sites (N-methyl/N-ethyl adjacent to an activating group) is 1. The van der Waals surface area contributed by atoms with Crippen molar-refractivity contribution >= 4 is 10.0 Å². The molecule has 0 bridgehead atoms. The van der Waals surface area contributed by atoms with Crippen LogP contribution in [0.4, 0.5) is 0 Å². The lowest BCUT2D eigenvalue weighted by Gasteiger charge is -2.36. The fraction of sp³-hybridized carbons (Fsp3) is 0.409. The van der Waals surface area contributed by atoms with Crippen molar-refractivity contribution in [2.75, 3.05) is 26.7 Å². The van der Waals surface area contributed by atoms with Crippen molar-refractivity contribution in [3.63, 3.8) is 0 Å². The first-order chi connectivity index (χ1) is 14.4. The number of hydrogen-bond donors (Lipinski definition) is 2. The molecule has 1 aromatic heterocycles. The molecule has 30 heavy (non-hydrogen) atoms. The third-order valence-corrected chi connectivity index (χ3v) is 7.12. The van der Waals surface area contributed by atoms with Crippen LogP contribution >= 0.6 is 0 Å². The van der Waals surface area contributed by atoms with Gasteiger partial charge in [0.05, 0.1) is 6.61 Å². The Bertz CT molecular complexity index is 1030. The van der Waals surface area contributed by atoms with E-state index < -0.39 is 16.1 Å². The number of ether oxygens (including phenoxy) is 1. The van der Waals surface area contributed by atoms with Gasteiger partial charge in [0.15, 0.2) is 0 Å². The molecule has 0 fully saturated rings. The molecule has 3 rings (SSSR count). The molecule has 0 spiro atoms. The predicted octanol–water partition coefficient (Wildman–Crippen LogP) is 1.47. The summed E-state index contributed by atoms with van der Waals surface area (Å²) in [5.41, 5.74) is 1.47. The molecule has 7 nitrogen and oxygen atoms in total. The minimum absolute atomic E-state index is 0.0825. The Balaban J connectivity index is 2.07. The molecule has 1 aliphatic rings. The van der Waals surface area contributed by atoms with Crippen molar-refractivity contribution in [1.82, 2.24) is 14.6 Å². The minimum atomic E-state index is -3.84. The van der Waals surface area contributed by atoms with Gasteiger partial charge in [-0.25, -0.2) is 8.42 Å². The molecule has 160 valence electrons. The Labute approximate surface area is 178 Å². The van der Waals surface area contributed by atoms with Gasteiger partial charge in [-0.05, 0) is 44.3 Å². The molecule has 0 aliphatic carbocycles. The van der Waals surface area contributed by atoms with Crippen LogP contribution in [0.25, 0.3) is 0 Å². The zero-order chi connectivity index (χ0) is 21.7. The van der Waals surface area contributed by atoms with Crippen LogP contribution in [0.5, 0.6) is 5.75 Å². The Morgan fingerprint density at radius 2 is 1.97 bits per heavy atom. The van der Waals surface area contributed by atoms with Gasteiger partial charge < -0.3 is 15.2 Å². The first-order valence-corrected chi connectivity index (χ1v) is 11.3. The highest BCUT2D eigenvalue weighted by Crippen LogP contribution is 2.33. The zero-order valence-corrected chi connectivity index (χ0v) is 18.2. The second kappa shape index (κ2) is 9.58. The van der Waals surface area contributed by atoms with E-state index in [2.05, 4.69) is 22.1 Å². The number of nitrogens with zero attached hydrogens (tertiary/aromatic N) is 2. The van der Waals surface area contributed by atoms with Gasteiger partial charge in [-0.3, -0.25) is 4.98 Å². The standard InChI is InChI=1S/C22H27N3O4S/c1-16-14-25(17(2)15-26)30(27,28)22-7-6-19(5-4-18-8-10-24-11-9-18)12-20(22)29-21(16)13-23-3/h6-12,16-17,21,23,26H,13-15H2,1-3H3/t16-,17-,21+/m1/s1. The largest absolute Gasteiger partial charge is 0.487 e. The van der Waals surface area contributed by atoms with Gasteiger partial charge in [-0.2, -0.15) is 4.31 Å². The minimum Gasteiger partial charge on any atom is -0.487 e. The third kappa shape index (κ3) is 4.82. The van der Waals surface area contributed by atoms with Crippen molar-refractivity contribution in [2.45, 2.75) is 30.9 Å². The molecular formula is C22H27N3O4S. The summed E-state index contributed by atoms with van der Waals surface area (Å²) in [5, 5.41) is 12.7. The van der Waals surface area contributed by atoms with Crippen molar-refractivity contribution in [3.8, 4) is 17.6 Å². The lowest BCUT2D eigenvalue weighted by atomic mass is 10.0. The van der Waals surface area contributed by atoms with Gasteiger partial charge in [-0.15, -0.1) is 0 Å². The fourth-order valence-corrected chi connectivity index (χ4v) is 5.15. The van der Waals surface area contributed by atoms with Crippen LogP contribution in [-0.4, -0.2) is 61.7 Å². The Kier molecular flexibility index (Phi) is 7.10. The maximum absolute atomic E-state index is 13.4. The van der Waals surface area contributed by atoms with Crippen LogP contribution in [0.2, 0.25) is 0 Å². The molecule has 1 aromatic carbocycles. The predicted molar refractivity (Wildman–Crippen MR) is 115 cm³/mol. The molecule has 0 amide bonds. The number of hydrogen-bond acceptors (Lipinski definition) is 6. The van der Waals surface area contributed by atoms with Crippen LogP contribution < -0.4 is 10.1 Å². The van der Waals surface area contributed by atoms with E-state index in [4.69, 9.17) is 4.74 Å². The summed E-state index contributed by atoms with van der Waals surface area (Å²) in [6.07, 6.45) is 3.10. The normalized spacial score (nSPS) is 21.9. The van der Waals surface area contributed by atoms with Crippen LogP contribution in [-0.2, 0) is 10.0 Å². The third-order valence-electron chi connectivity index (χ3n) is 5.10. The maximum atomic E-state index is 13.4. The SMILES string of the molecule is CNC[C@@H]1Oc2cc(C#Cc3ccncc3)ccc2S(=O)(=O)N([C@H](C)CO)C[C@H]1C. The van der Waals surface area contributed by atoms with E-state index in [1.165, 1.54) is 10.4 Å². The summed E-state index contributed by atoms with van der Waals surface area (Å²) in [4.78, 5) is 4.06. The van der Waals surface area contributed by atoms with Crippen molar-refractivity contribution in [2.24, 2.45) is 5.92 Å². The van der Waals surface area contributed by atoms with Crippen LogP contribution in [0.15, 0.2) is 47.6 Å². The lowest BCUT2D eigenvalue weighted by Crippen LogP contribution is -2.49. The first-order valence-electron chi connectivity index (χ1n) is 9.87. The number of rotatable bonds is 4. The summed E-state index contributed by atoms with van der Waals surface area (Å²) < 4.78 is 34.2. The number of benzene rings is 1. The Morgan fingerprint density at radius 3 is 2.63 bits per heavy atom. The van der Waals surface area contributed by atoms with E-state index in [0.29, 0.717) is 12.1 Å². The maximum Gasteiger partial charge on any atom is 0.247 e. The highest BCUT2D eigenvalue weighted by atomic mass is 32.2. The van der Waals surface area contributed by atoms with E-state index in [1.807, 2.05) is 14.0 Å². The number of pyridine rings is 1. The second-order valence-corrected chi connectivity index (χ2v) is 9.30. The molecule has 0 saturated heterocycles. The highest BCUT2D eigenvalue weighted by molar-refractivity contribution is 7.89. The Morgan fingerprint density at radius 1 is 1.27 bits per heavy atom. The van der Waals surface area contributed by atoms with Gasteiger partial charge in [0.2, 0.25) is 10.0 Å². The summed E-state index contributed by atoms with van der Waals surface area (Å²) >= 11 is 0. The molecule has 2 heterocycles. The molecular weight excluding hydrogens is 402 g/mol. The summed E-state index contributed by atoms with van der Waals surface area (Å²) in [6.45, 7) is 4.23. The Hall–Kier alpha value is -2.44. The van der Waals surface area contributed by atoms with E-state index in [0.717, 1.165) is 5.56 Å². The quantitative estimate of drug-likeness (QED) is 0.716. The molecule has 0 saturated carbocycles. The van der Waals surface area contributed by atoms with Gasteiger partial charge in [0, 0.05) is 48.6 Å². The monoisotopic (exact) mass is 429 g/mol. The molecule has 1 aliphatic heterocycles. The van der Waals surface area contributed by atoms with Crippen LogP contribution in [0, 0.1) is 17.8 Å². The van der Waals surface area contributed by atoms with Crippen molar-refractivity contribution in [3.05, 3.63) is 53.9 Å². The number of aromatic nitrogens is 1. The lowest BCUT2D eigenvalue weighted by molar-refractivity contribution is 0.103. The number of nitrogens with one attached hydrogen (secondary N) is 1. The van der Waals surface area contributed by atoms with E-state index in [1.54, 1.807) is 43.6 Å². The van der Waals surface area contributed by atoms with E-state index >= 15 is 0 Å². The highest BCUT2D eigenvalue weighted by Gasteiger charge is 2.37. The van der Waals surface area contributed by atoms with Gasteiger partial charge >= 0.3 is 0 Å². The fourth-order valence-electron chi connectivity index (χ4n) is 3.33. The van der Waals surface area contributed by atoms with Crippen molar-refractivity contribution < 1.29 is 18.3 Å². The zero-order valence-electron chi connectivity index (χ0n) is 17.4. The van der Waals surface area contributed by atoms with Gasteiger partial charge in [0.1, 0.15) is 16.7 Å². The molecule has 2 aromatic rings. The van der Waals surface area contributed by atoms with E-state index in [9.17, 15) is 13.5 Å². The summed E-state index contributed by atoms with van der Waals surface area (Å²) in [6, 6.07) is 7.95. The number of aliphatic hydroxyl groups excluding tert-OH is 1. The number of fused-ring (bicyclic) bond motifs is 1. The molecule has 0 radical (unpaired) electrons. The van der Waals surface area contributed by atoms with Crippen LogP contribution in [0.3, 0.4) is 0 Å². The summed E-state index contributed by atoms with van der Waals surface area (Å²) in [5.74, 6) is 6.30. The number of aliphatic hydroxyl groups is 1. The van der Waals surface area contributed by atoms with Gasteiger partial charge in [-0.1, -0.05) is 18.8 Å². The molecule has 8 heteroatoms. The number of sulfonamides is 1. The average Bonchev–Trinajstić information content (AvgIpc) is 2.75. The topological polar surface area (TPSA) is 91.8 Å². The van der Waals surface area contributed by atoms with E-state index in [-0.39, 0.29) is 35.8 Å². The smallest absolute Gasteiger partial charge is 0.247 e. The van der Waals surface area contributed by atoms with Crippen molar-refractivity contribution in [1.29, 1.82) is 0 Å². The second-order valence-electron chi connectivity index (χ2n) is 7.44. The summed E-state index contributed by atoms with van der Waals surface area (Å²) in [7, 11) is -2.01.